The van der Waals surface area contributed by atoms with E-state index in [-0.39, 0.29) is 17.4 Å². The molecule has 5 nitrogen and oxygen atoms in total. The van der Waals surface area contributed by atoms with Gasteiger partial charge >= 0.3 is 5.69 Å². The van der Waals surface area contributed by atoms with Crippen molar-refractivity contribution in [3.63, 3.8) is 0 Å². The maximum absolute atomic E-state index is 11.8. The van der Waals surface area contributed by atoms with Crippen LogP contribution < -0.4 is 11.2 Å². The van der Waals surface area contributed by atoms with Gasteiger partial charge in [0.1, 0.15) is 6.23 Å². The summed E-state index contributed by atoms with van der Waals surface area (Å²) in [5, 5.41) is -0.253. The molecule has 1 fully saturated rings. The van der Waals surface area contributed by atoms with Gasteiger partial charge in [-0.1, -0.05) is 15.9 Å². The zero-order valence-electron chi connectivity index (χ0n) is 9.68. The second-order valence-corrected chi connectivity index (χ2v) is 5.48. The number of aromatic nitrogens is 2. The van der Waals surface area contributed by atoms with E-state index < -0.39 is 17.5 Å². The van der Waals surface area contributed by atoms with E-state index in [1.54, 1.807) is 6.08 Å². The number of H-pyrrole nitrogens is 1. The van der Waals surface area contributed by atoms with Crippen LogP contribution in [0.1, 0.15) is 18.2 Å². The Labute approximate surface area is 127 Å². The number of aromatic amines is 1. The number of nitrogens with one attached hydrogen (secondary N) is 1. The summed E-state index contributed by atoms with van der Waals surface area (Å²) in [6.45, 7) is 0. The molecule has 1 N–H and O–H groups in total. The highest BCUT2D eigenvalue weighted by Gasteiger charge is 2.34. The molecule has 0 aliphatic carbocycles. The van der Waals surface area contributed by atoms with Crippen molar-refractivity contribution in [2.24, 2.45) is 0 Å². The Morgan fingerprint density at radius 1 is 1.58 bits per heavy atom. The summed E-state index contributed by atoms with van der Waals surface area (Å²) in [6, 6.07) is 0. The largest absolute Gasteiger partial charge is 0.352 e. The molecule has 19 heavy (non-hydrogen) atoms. The molecule has 1 aromatic heterocycles. The summed E-state index contributed by atoms with van der Waals surface area (Å²) in [4.78, 5) is 27.1. The second-order valence-electron chi connectivity index (χ2n) is 4.08. The van der Waals surface area contributed by atoms with Gasteiger partial charge in [0, 0.05) is 12.6 Å². The molecule has 0 radical (unpaired) electrons. The van der Waals surface area contributed by atoms with Crippen LogP contribution in [0.5, 0.6) is 0 Å². The van der Waals surface area contributed by atoms with Crippen LogP contribution in [0, 0.1) is 0 Å². The first-order valence-electron chi connectivity index (χ1n) is 5.54. The molecule has 0 amide bonds. The van der Waals surface area contributed by atoms with Gasteiger partial charge in [-0.25, -0.2) is 4.79 Å². The van der Waals surface area contributed by atoms with Crippen molar-refractivity contribution < 1.29 is 4.74 Å². The minimum absolute atomic E-state index is 0.253. The van der Waals surface area contributed by atoms with Gasteiger partial charge < -0.3 is 4.74 Å². The van der Waals surface area contributed by atoms with E-state index in [0.717, 1.165) is 0 Å². The predicted octanol–water partition coefficient (Wildman–Crippen LogP) is 2.04. The third kappa shape index (κ3) is 3.13. The maximum Gasteiger partial charge on any atom is 0.330 e. The lowest BCUT2D eigenvalue weighted by Crippen LogP contribution is -2.33. The Bertz CT molecular complexity index is 598. The number of nitrogens with zero attached hydrogens (tertiary/aromatic N) is 1. The van der Waals surface area contributed by atoms with Gasteiger partial charge in [-0.05, 0) is 11.1 Å². The summed E-state index contributed by atoms with van der Waals surface area (Å²) in [5.41, 5.74) is -0.632. The fourth-order valence-corrected chi connectivity index (χ4v) is 2.87. The molecular weight excluding hydrogens is 359 g/mol. The molecular formula is C11H11BrCl2N2O3. The van der Waals surface area contributed by atoms with Crippen molar-refractivity contribution in [3.8, 4) is 0 Å². The van der Waals surface area contributed by atoms with Gasteiger partial charge in [0.25, 0.3) is 5.56 Å². The topological polar surface area (TPSA) is 64.1 Å². The van der Waals surface area contributed by atoms with Crippen LogP contribution in [-0.2, 0) is 4.74 Å². The monoisotopic (exact) mass is 368 g/mol. The highest BCUT2D eigenvalue weighted by molar-refractivity contribution is 9.11. The molecule has 3 atom stereocenters. The number of hydrogen-bond acceptors (Lipinski definition) is 3. The molecule has 1 aromatic rings. The summed E-state index contributed by atoms with van der Waals surface area (Å²) in [6.07, 6.45) is 2.63. The normalized spacial score (nSPS) is 27.2. The van der Waals surface area contributed by atoms with Crippen molar-refractivity contribution in [1.29, 1.82) is 0 Å². The Morgan fingerprint density at radius 2 is 2.32 bits per heavy atom. The standard InChI is InChI=1S/C11H11BrCl2N2O3/c12-2-1-6-5-16(11(18)15-10(6)17)9-3-7(14)8(4-13)19-9/h1-2,5,7-9H,3-4H2,(H,15,17,18)/t7-,8+,9+/m0/s1. The fourth-order valence-electron chi connectivity index (χ4n) is 1.90. The molecule has 2 rings (SSSR count). The minimum atomic E-state index is -0.527. The highest BCUT2D eigenvalue weighted by atomic mass is 79.9. The predicted molar refractivity (Wildman–Crippen MR) is 78.2 cm³/mol. The number of halogens is 3. The van der Waals surface area contributed by atoms with E-state index >= 15 is 0 Å². The Hall–Kier alpha value is -0.560. The molecule has 0 bridgehead atoms. The maximum atomic E-state index is 11.8. The lowest BCUT2D eigenvalue weighted by atomic mass is 10.2. The van der Waals surface area contributed by atoms with Crippen molar-refractivity contribution in [2.45, 2.75) is 24.1 Å². The van der Waals surface area contributed by atoms with Crippen LogP contribution in [0.4, 0.5) is 0 Å². The van der Waals surface area contributed by atoms with Crippen molar-refractivity contribution in [2.75, 3.05) is 5.88 Å². The van der Waals surface area contributed by atoms with Gasteiger partial charge in [-0.15, -0.1) is 23.2 Å². The van der Waals surface area contributed by atoms with Crippen molar-refractivity contribution in [3.05, 3.63) is 37.6 Å². The van der Waals surface area contributed by atoms with Crippen LogP contribution in [0.2, 0.25) is 0 Å². The smallest absolute Gasteiger partial charge is 0.330 e. The van der Waals surface area contributed by atoms with Crippen molar-refractivity contribution >= 4 is 45.2 Å². The summed E-state index contributed by atoms with van der Waals surface area (Å²) >= 11 is 14.9. The zero-order chi connectivity index (χ0) is 14.0. The molecule has 0 spiro atoms. The molecule has 0 aromatic carbocycles. The molecule has 2 heterocycles. The zero-order valence-corrected chi connectivity index (χ0v) is 12.8. The van der Waals surface area contributed by atoms with Gasteiger partial charge in [0.05, 0.1) is 22.9 Å². The average Bonchev–Trinajstić information content (AvgIpc) is 2.74. The number of hydrogen-bond donors (Lipinski definition) is 1. The molecule has 1 saturated heterocycles. The molecule has 104 valence electrons. The SMILES string of the molecule is O=c1[nH]c(=O)n([C@H]2C[C@H](Cl)[C@@H](CCl)O2)cc1C=CBr. The fraction of sp³-hybridized carbons (Fsp3) is 0.455. The quantitative estimate of drug-likeness (QED) is 0.829. The third-order valence-electron chi connectivity index (χ3n) is 2.86. The molecule has 0 saturated carbocycles. The summed E-state index contributed by atoms with van der Waals surface area (Å²) in [7, 11) is 0. The van der Waals surface area contributed by atoms with Gasteiger partial charge in [0.2, 0.25) is 0 Å². The Balaban J connectivity index is 2.38. The minimum Gasteiger partial charge on any atom is -0.352 e. The number of rotatable bonds is 3. The molecule has 8 heteroatoms. The van der Waals surface area contributed by atoms with Crippen LogP contribution >= 0.6 is 39.1 Å². The first-order chi connectivity index (χ1) is 9.06. The van der Waals surface area contributed by atoms with Crippen LogP contribution in [0.15, 0.2) is 20.8 Å². The summed E-state index contributed by atoms with van der Waals surface area (Å²) < 4.78 is 6.93. The van der Waals surface area contributed by atoms with E-state index in [1.807, 2.05) is 0 Å². The second kappa shape index (κ2) is 6.26. The average molecular weight is 370 g/mol. The highest BCUT2D eigenvalue weighted by Crippen LogP contribution is 2.31. The Morgan fingerprint density at radius 3 is 2.89 bits per heavy atom. The number of ether oxygens (including phenoxy) is 1. The molecule has 1 aliphatic heterocycles. The molecule has 0 unspecified atom stereocenters. The van der Waals surface area contributed by atoms with E-state index in [0.29, 0.717) is 12.0 Å². The van der Waals surface area contributed by atoms with Crippen LogP contribution in [0.25, 0.3) is 6.08 Å². The third-order valence-corrected chi connectivity index (χ3v) is 3.89. The van der Waals surface area contributed by atoms with E-state index in [9.17, 15) is 9.59 Å². The Kier molecular flexibility index (Phi) is 4.89. The van der Waals surface area contributed by atoms with Gasteiger partial charge in [-0.3, -0.25) is 14.3 Å². The first kappa shape index (κ1) is 14.8. The lowest BCUT2D eigenvalue weighted by molar-refractivity contribution is 0.00978. The summed E-state index contributed by atoms with van der Waals surface area (Å²) in [5.74, 6) is 0.261. The molecule has 1 aliphatic rings. The van der Waals surface area contributed by atoms with E-state index in [2.05, 4.69) is 20.9 Å². The number of alkyl halides is 2. The lowest BCUT2D eigenvalue weighted by Gasteiger charge is -2.14. The van der Waals surface area contributed by atoms with Crippen LogP contribution in [-0.4, -0.2) is 26.9 Å². The van der Waals surface area contributed by atoms with Crippen molar-refractivity contribution in [1.82, 2.24) is 9.55 Å². The first-order valence-corrected chi connectivity index (χ1v) is 7.43. The van der Waals surface area contributed by atoms with Crippen LogP contribution in [0.3, 0.4) is 0 Å². The van der Waals surface area contributed by atoms with E-state index in [1.165, 1.54) is 15.7 Å². The van der Waals surface area contributed by atoms with E-state index in [4.69, 9.17) is 27.9 Å². The van der Waals surface area contributed by atoms with Gasteiger partial charge in [-0.2, -0.15) is 0 Å². The van der Waals surface area contributed by atoms with Gasteiger partial charge in [0.15, 0.2) is 0 Å².